The second kappa shape index (κ2) is 6.01. The zero-order valence-electron chi connectivity index (χ0n) is 11.2. The molecule has 0 saturated heterocycles. The van der Waals surface area contributed by atoms with Crippen molar-refractivity contribution in [3.8, 4) is 0 Å². The zero-order chi connectivity index (χ0) is 13.0. The Balaban J connectivity index is 1.89. The predicted octanol–water partition coefficient (Wildman–Crippen LogP) is 2.39. The normalized spacial score (nSPS) is 15.2. The highest BCUT2D eigenvalue weighted by Crippen LogP contribution is 2.25. The summed E-state index contributed by atoms with van der Waals surface area (Å²) >= 11 is 0. The van der Waals surface area contributed by atoms with Crippen LogP contribution in [0.1, 0.15) is 42.5 Å². The SMILES string of the molecule is COC(=O)CCNC(C)c1ccc2c(c1)CCC2. The molecule has 1 atom stereocenters. The Morgan fingerprint density at radius 3 is 2.94 bits per heavy atom. The summed E-state index contributed by atoms with van der Waals surface area (Å²) in [6, 6.07) is 7.02. The van der Waals surface area contributed by atoms with Crippen LogP contribution in [-0.4, -0.2) is 19.6 Å². The van der Waals surface area contributed by atoms with Gasteiger partial charge < -0.3 is 10.1 Å². The molecule has 0 heterocycles. The molecule has 3 heteroatoms. The molecule has 1 N–H and O–H groups in total. The van der Waals surface area contributed by atoms with E-state index in [4.69, 9.17) is 0 Å². The van der Waals surface area contributed by atoms with E-state index in [9.17, 15) is 4.79 Å². The lowest BCUT2D eigenvalue weighted by molar-refractivity contribution is -0.140. The average molecular weight is 247 g/mol. The van der Waals surface area contributed by atoms with Gasteiger partial charge in [0.15, 0.2) is 0 Å². The molecule has 98 valence electrons. The van der Waals surface area contributed by atoms with Crippen molar-refractivity contribution in [2.75, 3.05) is 13.7 Å². The Labute approximate surface area is 109 Å². The Morgan fingerprint density at radius 1 is 1.39 bits per heavy atom. The first-order chi connectivity index (χ1) is 8.70. The molecule has 1 unspecified atom stereocenters. The number of rotatable bonds is 5. The van der Waals surface area contributed by atoms with Gasteiger partial charge in [-0.05, 0) is 42.9 Å². The minimum Gasteiger partial charge on any atom is -0.469 e. The smallest absolute Gasteiger partial charge is 0.306 e. The maximum atomic E-state index is 11.0. The van der Waals surface area contributed by atoms with E-state index in [0.717, 1.165) is 0 Å². The van der Waals surface area contributed by atoms with Gasteiger partial charge in [0, 0.05) is 12.6 Å². The summed E-state index contributed by atoms with van der Waals surface area (Å²) in [4.78, 5) is 11.0. The minimum atomic E-state index is -0.163. The number of hydrogen-bond acceptors (Lipinski definition) is 3. The number of esters is 1. The molecule has 0 aromatic heterocycles. The third-order valence-corrected chi connectivity index (χ3v) is 3.63. The average Bonchev–Trinajstić information content (AvgIpc) is 2.85. The van der Waals surface area contributed by atoms with Gasteiger partial charge in [-0.2, -0.15) is 0 Å². The molecule has 0 aliphatic heterocycles. The van der Waals surface area contributed by atoms with Crippen molar-refractivity contribution in [3.63, 3.8) is 0 Å². The Hall–Kier alpha value is -1.35. The fraction of sp³-hybridized carbons (Fsp3) is 0.533. The number of carbonyl (C=O) groups is 1. The lowest BCUT2D eigenvalue weighted by Gasteiger charge is -2.15. The molecule has 0 radical (unpaired) electrons. The molecule has 3 nitrogen and oxygen atoms in total. The number of nitrogens with one attached hydrogen (secondary N) is 1. The molecule has 0 amide bonds. The Morgan fingerprint density at radius 2 is 2.17 bits per heavy atom. The highest BCUT2D eigenvalue weighted by Gasteiger charge is 2.13. The number of methoxy groups -OCH3 is 1. The summed E-state index contributed by atoms with van der Waals surface area (Å²) in [5, 5.41) is 3.35. The standard InChI is InChI=1S/C15H21NO2/c1-11(16-9-8-15(17)18-2)13-7-6-12-4-3-5-14(12)10-13/h6-7,10-11,16H,3-5,8-9H2,1-2H3. The molecule has 18 heavy (non-hydrogen) atoms. The number of fused-ring (bicyclic) bond motifs is 1. The fourth-order valence-corrected chi connectivity index (χ4v) is 2.47. The summed E-state index contributed by atoms with van der Waals surface area (Å²) in [6.07, 6.45) is 4.13. The number of aryl methyl sites for hydroxylation is 2. The van der Waals surface area contributed by atoms with Gasteiger partial charge in [-0.15, -0.1) is 0 Å². The second-order valence-corrected chi connectivity index (χ2v) is 4.88. The fourth-order valence-electron chi connectivity index (χ4n) is 2.47. The zero-order valence-corrected chi connectivity index (χ0v) is 11.2. The van der Waals surface area contributed by atoms with E-state index >= 15 is 0 Å². The van der Waals surface area contributed by atoms with Gasteiger partial charge in [-0.25, -0.2) is 0 Å². The summed E-state index contributed by atoms with van der Waals surface area (Å²) < 4.78 is 4.62. The Kier molecular flexibility index (Phi) is 4.37. The molecule has 2 rings (SSSR count). The topological polar surface area (TPSA) is 38.3 Å². The van der Waals surface area contributed by atoms with E-state index < -0.39 is 0 Å². The first-order valence-corrected chi connectivity index (χ1v) is 6.62. The van der Waals surface area contributed by atoms with Crippen LogP contribution in [0.15, 0.2) is 18.2 Å². The van der Waals surface area contributed by atoms with Gasteiger partial charge in [0.2, 0.25) is 0 Å². The van der Waals surface area contributed by atoms with Gasteiger partial charge in [0.05, 0.1) is 13.5 Å². The van der Waals surface area contributed by atoms with Crippen LogP contribution in [0.5, 0.6) is 0 Å². The van der Waals surface area contributed by atoms with Gasteiger partial charge in [-0.1, -0.05) is 18.2 Å². The van der Waals surface area contributed by atoms with Crippen LogP contribution < -0.4 is 5.32 Å². The molecule has 0 saturated carbocycles. The van der Waals surface area contributed by atoms with E-state index in [1.54, 1.807) is 0 Å². The third kappa shape index (κ3) is 3.10. The lowest BCUT2D eigenvalue weighted by Crippen LogP contribution is -2.22. The highest BCUT2D eigenvalue weighted by atomic mass is 16.5. The summed E-state index contributed by atoms with van der Waals surface area (Å²) in [5.41, 5.74) is 4.30. The van der Waals surface area contributed by atoms with E-state index in [-0.39, 0.29) is 12.0 Å². The van der Waals surface area contributed by atoms with E-state index in [2.05, 4.69) is 35.2 Å². The van der Waals surface area contributed by atoms with Gasteiger partial charge in [0.1, 0.15) is 0 Å². The Bertz CT molecular complexity index is 429. The quantitative estimate of drug-likeness (QED) is 0.812. The first kappa shape index (κ1) is 13.1. The number of benzene rings is 1. The number of hydrogen-bond donors (Lipinski definition) is 1. The molecular weight excluding hydrogens is 226 g/mol. The molecule has 0 fully saturated rings. The molecular formula is C15H21NO2. The molecule has 1 aliphatic carbocycles. The number of ether oxygens (including phenoxy) is 1. The van der Waals surface area contributed by atoms with Crippen LogP contribution in [0.3, 0.4) is 0 Å². The minimum absolute atomic E-state index is 0.163. The molecule has 1 aliphatic rings. The van der Waals surface area contributed by atoms with Gasteiger partial charge in [-0.3, -0.25) is 4.79 Å². The lowest BCUT2D eigenvalue weighted by atomic mass is 10.0. The van der Waals surface area contributed by atoms with Crippen molar-refractivity contribution < 1.29 is 9.53 Å². The van der Waals surface area contributed by atoms with Crippen molar-refractivity contribution in [3.05, 3.63) is 34.9 Å². The van der Waals surface area contributed by atoms with E-state index in [0.29, 0.717) is 13.0 Å². The first-order valence-electron chi connectivity index (χ1n) is 6.62. The van der Waals surface area contributed by atoms with Crippen LogP contribution in [0, 0.1) is 0 Å². The second-order valence-electron chi connectivity index (χ2n) is 4.88. The largest absolute Gasteiger partial charge is 0.469 e. The van der Waals surface area contributed by atoms with E-state index in [1.165, 1.54) is 43.1 Å². The van der Waals surface area contributed by atoms with Crippen molar-refractivity contribution in [2.24, 2.45) is 0 Å². The molecule has 1 aromatic rings. The van der Waals surface area contributed by atoms with Crippen LogP contribution in [-0.2, 0) is 22.4 Å². The summed E-state index contributed by atoms with van der Waals surface area (Å²) in [6.45, 7) is 2.79. The van der Waals surface area contributed by atoms with Crippen molar-refractivity contribution in [2.45, 2.75) is 38.6 Å². The van der Waals surface area contributed by atoms with Crippen LogP contribution in [0.25, 0.3) is 0 Å². The van der Waals surface area contributed by atoms with Crippen molar-refractivity contribution >= 4 is 5.97 Å². The summed E-state index contributed by atoms with van der Waals surface area (Å²) in [7, 11) is 1.42. The highest BCUT2D eigenvalue weighted by molar-refractivity contribution is 5.69. The molecule has 0 spiro atoms. The van der Waals surface area contributed by atoms with Crippen LogP contribution in [0.4, 0.5) is 0 Å². The third-order valence-electron chi connectivity index (χ3n) is 3.63. The maximum Gasteiger partial charge on any atom is 0.306 e. The van der Waals surface area contributed by atoms with Gasteiger partial charge >= 0.3 is 5.97 Å². The van der Waals surface area contributed by atoms with Crippen LogP contribution in [0.2, 0.25) is 0 Å². The predicted molar refractivity (Wildman–Crippen MR) is 71.5 cm³/mol. The monoisotopic (exact) mass is 247 g/mol. The van der Waals surface area contributed by atoms with Crippen molar-refractivity contribution in [1.82, 2.24) is 5.32 Å². The number of carbonyl (C=O) groups excluding carboxylic acids is 1. The maximum absolute atomic E-state index is 11.0. The van der Waals surface area contributed by atoms with E-state index in [1.807, 2.05) is 0 Å². The molecule has 0 bridgehead atoms. The molecule has 1 aromatic carbocycles. The van der Waals surface area contributed by atoms with Gasteiger partial charge in [0.25, 0.3) is 0 Å². The summed E-state index contributed by atoms with van der Waals surface area (Å²) in [5.74, 6) is -0.163. The van der Waals surface area contributed by atoms with Crippen LogP contribution >= 0.6 is 0 Å². The van der Waals surface area contributed by atoms with Crippen molar-refractivity contribution in [1.29, 1.82) is 0 Å².